The van der Waals surface area contributed by atoms with Gasteiger partial charge in [0.2, 0.25) is 10.0 Å². The minimum atomic E-state index is -3.79. The van der Waals surface area contributed by atoms with E-state index in [1.54, 1.807) is 25.3 Å². The Morgan fingerprint density at radius 2 is 1.61 bits per heavy atom. The monoisotopic (exact) mass is 440 g/mol. The van der Waals surface area contributed by atoms with Crippen LogP contribution >= 0.6 is 0 Å². The summed E-state index contributed by atoms with van der Waals surface area (Å²) >= 11 is 0. The van der Waals surface area contributed by atoms with Crippen molar-refractivity contribution >= 4 is 21.6 Å². The van der Waals surface area contributed by atoms with Crippen LogP contribution in [0.4, 0.5) is 5.69 Å². The third-order valence-electron chi connectivity index (χ3n) is 4.57. The van der Waals surface area contributed by atoms with Crippen LogP contribution in [0.15, 0.2) is 65.6 Å². The highest BCUT2D eigenvalue weighted by Gasteiger charge is 2.13. The van der Waals surface area contributed by atoms with Gasteiger partial charge in [0.1, 0.15) is 18.1 Å². The Morgan fingerprint density at radius 1 is 0.968 bits per heavy atom. The number of nitrogens with two attached hydrogens (primary N) is 1. The molecular weight excluding hydrogens is 416 g/mol. The Kier molecular flexibility index (Phi) is 6.62. The lowest BCUT2D eigenvalue weighted by molar-refractivity contribution is 0.102. The predicted molar refractivity (Wildman–Crippen MR) is 119 cm³/mol. The van der Waals surface area contributed by atoms with Crippen LogP contribution in [0.3, 0.4) is 0 Å². The third-order valence-corrected chi connectivity index (χ3v) is 5.50. The van der Waals surface area contributed by atoms with Crippen LogP contribution in [0.1, 0.15) is 27.0 Å². The highest BCUT2D eigenvalue weighted by Crippen LogP contribution is 2.24. The zero-order valence-corrected chi connectivity index (χ0v) is 18.3. The third kappa shape index (κ3) is 5.84. The maximum atomic E-state index is 12.7. The molecule has 0 saturated heterocycles. The topological polar surface area (TPSA) is 108 Å². The van der Waals surface area contributed by atoms with E-state index in [1.165, 1.54) is 24.3 Å². The fourth-order valence-corrected chi connectivity index (χ4v) is 3.66. The molecule has 31 heavy (non-hydrogen) atoms. The summed E-state index contributed by atoms with van der Waals surface area (Å²) in [5.74, 6) is 1.00. The van der Waals surface area contributed by atoms with E-state index in [9.17, 15) is 13.2 Å². The van der Waals surface area contributed by atoms with Gasteiger partial charge in [0.05, 0.1) is 12.0 Å². The second-order valence-corrected chi connectivity index (χ2v) is 8.72. The summed E-state index contributed by atoms with van der Waals surface area (Å²) in [7, 11) is -2.23. The molecule has 3 N–H and O–H groups in total. The molecule has 7 nitrogen and oxygen atoms in total. The van der Waals surface area contributed by atoms with E-state index in [4.69, 9.17) is 14.6 Å². The van der Waals surface area contributed by atoms with Gasteiger partial charge in [-0.15, -0.1) is 0 Å². The SMILES string of the molecule is COc1ccc(C(=O)Nc2ccc(S(N)(=O)=O)cc2)cc1COc1cc(C)cc(C)c1. The van der Waals surface area contributed by atoms with Gasteiger partial charge in [-0.3, -0.25) is 4.79 Å². The van der Waals surface area contributed by atoms with Gasteiger partial charge in [0, 0.05) is 16.8 Å². The average Bonchev–Trinajstić information content (AvgIpc) is 2.71. The van der Waals surface area contributed by atoms with E-state index in [-0.39, 0.29) is 17.4 Å². The van der Waals surface area contributed by atoms with Crippen LogP contribution in [0.25, 0.3) is 0 Å². The van der Waals surface area contributed by atoms with Gasteiger partial charge in [-0.2, -0.15) is 0 Å². The quantitative estimate of drug-likeness (QED) is 0.581. The fraction of sp³-hybridized carbons (Fsp3) is 0.174. The number of amides is 1. The summed E-state index contributed by atoms with van der Waals surface area (Å²) in [6, 6.07) is 16.6. The van der Waals surface area contributed by atoms with Gasteiger partial charge in [-0.1, -0.05) is 6.07 Å². The van der Waals surface area contributed by atoms with E-state index in [1.807, 2.05) is 26.0 Å². The number of hydrogen-bond donors (Lipinski definition) is 2. The predicted octanol–water partition coefficient (Wildman–Crippen LogP) is 3.79. The molecule has 0 aliphatic carbocycles. The van der Waals surface area contributed by atoms with Crippen LogP contribution in [-0.2, 0) is 16.6 Å². The lowest BCUT2D eigenvalue weighted by Gasteiger charge is -2.13. The number of nitrogens with one attached hydrogen (secondary N) is 1. The maximum absolute atomic E-state index is 12.7. The summed E-state index contributed by atoms with van der Waals surface area (Å²) < 4.78 is 34.0. The van der Waals surface area contributed by atoms with E-state index >= 15 is 0 Å². The molecule has 0 aliphatic heterocycles. The molecule has 0 spiro atoms. The lowest BCUT2D eigenvalue weighted by Crippen LogP contribution is -2.14. The molecule has 1 amide bonds. The standard InChI is InChI=1S/C23H24N2O5S/c1-15-10-16(2)12-20(11-15)30-14-18-13-17(4-9-22(18)29-3)23(26)25-19-5-7-21(8-6-19)31(24,27)28/h4-13H,14H2,1-3H3,(H,25,26)(H2,24,27,28). The molecule has 0 fully saturated rings. The second kappa shape index (κ2) is 9.20. The van der Waals surface area contributed by atoms with Crippen molar-refractivity contribution in [2.24, 2.45) is 5.14 Å². The van der Waals surface area contributed by atoms with Crippen molar-refractivity contribution in [1.29, 1.82) is 0 Å². The molecule has 0 aromatic heterocycles. The largest absolute Gasteiger partial charge is 0.496 e. The Bertz CT molecular complexity index is 1180. The smallest absolute Gasteiger partial charge is 0.255 e. The molecule has 0 saturated carbocycles. The van der Waals surface area contributed by atoms with Crippen molar-refractivity contribution in [3.63, 3.8) is 0 Å². The van der Waals surface area contributed by atoms with Crippen molar-refractivity contribution in [3.05, 3.63) is 82.9 Å². The minimum absolute atomic E-state index is 0.0271. The molecule has 0 atom stereocenters. The van der Waals surface area contributed by atoms with E-state index in [2.05, 4.69) is 11.4 Å². The first-order valence-electron chi connectivity index (χ1n) is 9.48. The molecular formula is C23H24N2O5S. The zero-order chi connectivity index (χ0) is 22.6. The number of aryl methyl sites for hydroxylation is 2. The fourth-order valence-electron chi connectivity index (χ4n) is 3.14. The molecule has 3 rings (SSSR count). The number of ether oxygens (including phenoxy) is 2. The number of carbonyl (C=O) groups excluding carboxylic acids is 1. The number of sulfonamides is 1. The Balaban J connectivity index is 1.76. The zero-order valence-electron chi connectivity index (χ0n) is 17.5. The Morgan fingerprint density at radius 3 is 2.19 bits per heavy atom. The highest BCUT2D eigenvalue weighted by atomic mass is 32.2. The van der Waals surface area contributed by atoms with E-state index in [0.717, 1.165) is 22.4 Å². The van der Waals surface area contributed by atoms with Crippen molar-refractivity contribution in [2.75, 3.05) is 12.4 Å². The molecule has 3 aromatic rings. The average molecular weight is 441 g/mol. The van der Waals surface area contributed by atoms with E-state index < -0.39 is 10.0 Å². The van der Waals surface area contributed by atoms with Crippen molar-refractivity contribution in [3.8, 4) is 11.5 Å². The Labute approximate surface area is 181 Å². The van der Waals surface area contributed by atoms with Crippen molar-refractivity contribution in [1.82, 2.24) is 0 Å². The summed E-state index contributed by atoms with van der Waals surface area (Å²) in [6.07, 6.45) is 0. The van der Waals surface area contributed by atoms with Crippen LogP contribution in [-0.4, -0.2) is 21.4 Å². The highest BCUT2D eigenvalue weighted by molar-refractivity contribution is 7.89. The second-order valence-electron chi connectivity index (χ2n) is 7.16. The lowest BCUT2D eigenvalue weighted by atomic mass is 10.1. The van der Waals surface area contributed by atoms with Gasteiger partial charge < -0.3 is 14.8 Å². The number of rotatable bonds is 7. The summed E-state index contributed by atoms with van der Waals surface area (Å²) in [4.78, 5) is 12.6. The molecule has 0 heterocycles. The number of hydrogen-bond acceptors (Lipinski definition) is 5. The number of anilines is 1. The summed E-state index contributed by atoms with van der Waals surface area (Å²) in [6.45, 7) is 4.23. The molecule has 162 valence electrons. The maximum Gasteiger partial charge on any atom is 0.255 e. The first kappa shape index (κ1) is 22.3. The number of benzene rings is 3. The van der Waals surface area contributed by atoms with Crippen molar-refractivity contribution < 1.29 is 22.7 Å². The first-order chi connectivity index (χ1) is 14.7. The number of methoxy groups -OCH3 is 1. The van der Waals surface area contributed by atoms with Gasteiger partial charge in [-0.05, 0) is 79.6 Å². The van der Waals surface area contributed by atoms with Gasteiger partial charge in [0.15, 0.2) is 0 Å². The van der Waals surface area contributed by atoms with Gasteiger partial charge >= 0.3 is 0 Å². The normalized spacial score (nSPS) is 11.1. The van der Waals surface area contributed by atoms with Crippen LogP contribution in [0, 0.1) is 13.8 Å². The van der Waals surface area contributed by atoms with Gasteiger partial charge in [-0.25, -0.2) is 13.6 Å². The van der Waals surface area contributed by atoms with Crippen molar-refractivity contribution in [2.45, 2.75) is 25.3 Å². The minimum Gasteiger partial charge on any atom is -0.496 e. The molecule has 3 aromatic carbocycles. The van der Waals surface area contributed by atoms with Crippen LogP contribution in [0.5, 0.6) is 11.5 Å². The summed E-state index contributed by atoms with van der Waals surface area (Å²) in [5, 5.41) is 7.83. The molecule has 0 radical (unpaired) electrons. The van der Waals surface area contributed by atoms with Gasteiger partial charge in [0.25, 0.3) is 5.91 Å². The molecule has 0 unspecified atom stereocenters. The van der Waals surface area contributed by atoms with E-state index in [0.29, 0.717) is 17.0 Å². The first-order valence-corrected chi connectivity index (χ1v) is 11.0. The molecule has 8 heteroatoms. The Hall–Kier alpha value is -3.36. The summed E-state index contributed by atoms with van der Waals surface area (Å²) in [5.41, 5.74) is 3.78. The van der Waals surface area contributed by atoms with Crippen LogP contribution in [0.2, 0.25) is 0 Å². The molecule has 0 bridgehead atoms. The number of carbonyl (C=O) groups is 1. The van der Waals surface area contributed by atoms with Crippen LogP contribution < -0.4 is 19.9 Å². The number of primary sulfonamides is 1. The molecule has 0 aliphatic rings.